The molecule has 0 spiro atoms. The van der Waals surface area contributed by atoms with E-state index in [0.29, 0.717) is 0 Å². The van der Waals surface area contributed by atoms with Gasteiger partial charge in [0.1, 0.15) is 5.60 Å². The molecule has 1 aromatic carbocycles. The van der Waals surface area contributed by atoms with Crippen LogP contribution in [-0.4, -0.2) is 47.8 Å². The predicted octanol–water partition coefficient (Wildman–Crippen LogP) is 4.52. The van der Waals surface area contributed by atoms with Crippen LogP contribution < -0.4 is 4.90 Å². The Hall–Kier alpha value is -1.82. The number of nitrogens with zero attached hydrogens (tertiary/aromatic N) is 3. The van der Waals surface area contributed by atoms with E-state index in [9.17, 15) is 4.79 Å². The molecule has 5 nitrogen and oxygen atoms in total. The third kappa shape index (κ3) is 4.42. The third-order valence-corrected chi connectivity index (χ3v) is 5.50. The molecule has 2 aromatic rings. The lowest BCUT2D eigenvalue weighted by molar-refractivity contribution is 0.0108. The van der Waals surface area contributed by atoms with E-state index in [2.05, 4.69) is 18.0 Å². The van der Waals surface area contributed by atoms with Gasteiger partial charge in [0.2, 0.25) is 0 Å². The van der Waals surface area contributed by atoms with Gasteiger partial charge < -0.3 is 14.5 Å². The Morgan fingerprint density at radius 2 is 2.12 bits per heavy atom. The van der Waals surface area contributed by atoms with E-state index in [-0.39, 0.29) is 12.1 Å². The zero-order valence-electron chi connectivity index (χ0n) is 15.5. The lowest BCUT2D eigenvalue weighted by Crippen LogP contribution is -2.50. The number of ether oxygens (including phenoxy) is 1. The number of thiazole rings is 1. The third-order valence-electron chi connectivity index (χ3n) is 4.35. The lowest BCUT2D eigenvalue weighted by atomic mass is 10.0. The van der Waals surface area contributed by atoms with Crippen LogP contribution in [0.15, 0.2) is 24.3 Å². The Kier molecular flexibility index (Phi) is 5.18. The van der Waals surface area contributed by atoms with Gasteiger partial charge >= 0.3 is 6.09 Å². The first kappa shape index (κ1) is 18.0. The van der Waals surface area contributed by atoms with Gasteiger partial charge in [0, 0.05) is 20.1 Å². The standard InChI is InChI=1S/C19H27N3O2S/c1-19(2,3)24-18(23)22-12-8-7-9-14(22)13-21(4)17-20-15-10-5-6-11-16(15)25-17/h5-6,10-11,14H,7-9,12-13H2,1-4H3/t14-/m0/s1. The predicted molar refractivity (Wildman–Crippen MR) is 103 cm³/mol. The highest BCUT2D eigenvalue weighted by molar-refractivity contribution is 7.22. The molecule has 136 valence electrons. The van der Waals surface area contributed by atoms with Crippen molar-refractivity contribution >= 4 is 32.8 Å². The molecule has 1 saturated heterocycles. The van der Waals surface area contributed by atoms with Gasteiger partial charge in [-0.2, -0.15) is 0 Å². The Morgan fingerprint density at radius 3 is 2.84 bits per heavy atom. The van der Waals surface area contributed by atoms with Crippen LogP contribution in [0.1, 0.15) is 40.0 Å². The van der Waals surface area contributed by atoms with Crippen LogP contribution in [-0.2, 0) is 4.74 Å². The van der Waals surface area contributed by atoms with Gasteiger partial charge in [0.05, 0.1) is 16.3 Å². The second kappa shape index (κ2) is 7.20. The number of likely N-dealkylation sites (N-methyl/N-ethyl adjacent to an activating group) is 1. The number of carbonyl (C=O) groups is 1. The second-order valence-corrected chi connectivity index (χ2v) is 8.68. The summed E-state index contributed by atoms with van der Waals surface area (Å²) in [5.41, 5.74) is 0.569. The van der Waals surface area contributed by atoms with Crippen molar-refractivity contribution < 1.29 is 9.53 Å². The van der Waals surface area contributed by atoms with Crippen LogP contribution in [0.5, 0.6) is 0 Å². The van der Waals surface area contributed by atoms with Crippen LogP contribution in [0.25, 0.3) is 10.2 Å². The van der Waals surface area contributed by atoms with Gasteiger partial charge in [0.15, 0.2) is 5.13 Å². The number of para-hydroxylation sites is 1. The largest absolute Gasteiger partial charge is 0.444 e. The molecular weight excluding hydrogens is 334 g/mol. The molecule has 0 aliphatic carbocycles. The number of aromatic nitrogens is 1. The van der Waals surface area contributed by atoms with Crippen molar-refractivity contribution in [2.45, 2.75) is 51.7 Å². The summed E-state index contributed by atoms with van der Waals surface area (Å²) in [6.45, 7) is 7.29. The number of piperidine rings is 1. The maximum absolute atomic E-state index is 12.6. The van der Waals surface area contributed by atoms with Gasteiger partial charge in [-0.3, -0.25) is 0 Å². The molecule has 0 unspecified atom stereocenters. The van der Waals surface area contributed by atoms with Gasteiger partial charge in [-0.1, -0.05) is 23.5 Å². The van der Waals surface area contributed by atoms with E-state index in [1.54, 1.807) is 11.3 Å². The molecule has 1 aliphatic rings. The van der Waals surface area contributed by atoms with E-state index in [1.165, 1.54) is 4.70 Å². The first-order valence-electron chi connectivity index (χ1n) is 8.90. The van der Waals surface area contributed by atoms with Crippen LogP contribution in [0.4, 0.5) is 9.93 Å². The van der Waals surface area contributed by atoms with Crippen molar-refractivity contribution in [1.29, 1.82) is 0 Å². The highest BCUT2D eigenvalue weighted by Crippen LogP contribution is 2.29. The van der Waals surface area contributed by atoms with E-state index >= 15 is 0 Å². The minimum Gasteiger partial charge on any atom is -0.444 e. The average molecular weight is 362 g/mol. The van der Waals surface area contributed by atoms with Gasteiger partial charge in [0.25, 0.3) is 0 Å². The quantitative estimate of drug-likeness (QED) is 0.806. The van der Waals surface area contributed by atoms with Crippen molar-refractivity contribution in [3.05, 3.63) is 24.3 Å². The molecule has 6 heteroatoms. The molecule has 1 aliphatic heterocycles. The van der Waals surface area contributed by atoms with Gasteiger partial charge in [-0.25, -0.2) is 9.78 Å². The summed E-state index contributed by atoms with van der Waals surface area (Å²) in [5, 5.41) is 0.996. The average Bonchev–Trinajstić information content (AvgIpc) is 2.98. The fourth-order valence-corrected chi connectivity index (χ4v) is 4.10. The summed E-state index contributed by atoms with van der Waals surface area (Å²) < 4.78 is 6.79. The molecule has 0 radical (unpaired) electrons. The number of hydrogen-bond acceptors (Lipinski definition) is 5. The van der Waals surface area contributed by atoms with Crippen molar-refractivity contribution in [3.63, 3.8) is 0 Å². The van der Waals surface area contributed by atoms with Crippen LogP contribution in [0.3, 0.4) is 0 Å². The maximum atomic E-state index is 12.6. The first-order chi connectivity index (χ1) is 11.8. The van der Waals surface area contributed by atoms with E-state index in [4.69, 9.17) is 9.72 Å². The molecule has 1 atom stereocenters. The van der Waals surface area contributed by atoms with Crippen LogP contribution in [0.2, 0.25) is 0 Å². The molecular formula is C19H27N3O2S. The monoisotopic (exact) mass is 361 g/mol. The van der Waals surface area contributed by atoms with E-state index < -0.39 is 5.60 Å². The van der Waals surface area contributed by atoms with Crippen LogP contribution >= 0.6 is 11.3 Å². The molecule has 25 heavy (non-hydrogen) atoms. The Bertz CT molecular complexity index is 705. The fourth-order valence-electron chi connectivity index (χ4n) is 3.17. The van der Waals surface area contributed by atoms with Crippen molar-refractivity contribution in [3.8, 4) is 0 Å². The highest BCUT2D eigenvalue weighted by Gasteiger charge is 2.31. The van der Waals surface area contributed by atoms with E-state index in [1.807, 2.05) is 43.9 Å². The minimum absolute atomic E-state index is 0.167. The summed E-state index contributed by atoms with van der Waals surface area (Å²) >= 11 is 1.69. The number of hydrogen-bond donors (Lipinski definition) is 0. The van der Waals surface area contributed by atoms with Gasteiger partial charge in [-0.05, 0) is 52.2 Å². The normalized spacial score (nSPS) is 18.4. The number of anilines is 1. The second-order valence-electron chi connectivity index (χ2n) is 7.67. The smallest absolute Gasteiger partial charge is 0.410 e. The number of likely N-dealkylation sites (tertiary alicyclic amines) is 1. The molecule has 0 N–H and O–H groups in total. The van der Waals surface area contributed by atoms with Crippen molar-refractivity contribution in [1.82, 2.24) is 9.88 Å². The molecule has 1 fully saturated rings. The van der Waals surface area contributed by atoms with Gasteiger partial charge in [-0.15, -0.1) is 0 Å². The SMILES string of the molecule is CN(C[C@@H]1CCCCN1C(=O)OC(C)(C)C)c1nc2ccccc2s1. The highest BCUT2D eigenvalue weighted by atomic mass is 32.1. The zero-order chi connectivity index (χ0) is 18.0. The minimum atomic E-state index is -0.460. The number of rotatable bonds is 3. The molecule has 1 amide bonds. The maximum Gasteiger partial charge on any atom is 0.410 e. The van der Waals surface area contributed by atoms with E-state index in [0.717, 1.165) is 43.0 Å². The summed E-state index contributed by atoms with van der Waals surface area (Å²) in [4.78, 5) is 21.3. The topological polar surface area (TPSA) is 45.7 Å². The van der Waals surface area contributed by atoms with Crippen molar-refractivity contribution in [2.75, 3.05) is 25.0 Å². The number of carbonyl (C=O) groups excluding carboxylic acids is 1. The molecule has 1 aromatic heterocycles. The van der Waals surface area contributed by atoms with Crippen molar-refractivity contribution in [2.24, 2.45) is 0 Å². The Morgan fingerprint density at radius 1 is 1.36 bits per heavy atom. The first-order valence-corrected chi connectivity index (χ1v) is 9.71. The summed E-state index contributed by atoms with van der Waals surface area (Å²) in [6, 6.07) is 8.35. The summed E-state index contributed by atoms with van der Waals surface area (Å²) in [6.07, 6.45) is 3.00. The van der Waals surface area contributed by atoms with Crippen LogP contribution in [0, 0.1) is 0 Å². The Balaban J connectivity index is 1.71. The summed E-state index contributed by atoms with van der Waals surface area (Å²) in [5.74, 6) is 0. The number of amides is 1. The zero-order valence-corrected chi connectivity index (χ0v) is 16.3. The molecule has 2 heterocycles. The summed E-state index contributed by atoms with van der Waals surface area (Å²) in [7, 11) is 2.06. The number of fused-ring (bicyclic) bond motifs is 1. The Labute approximate surface area is 153 Å². The molecule has 0 saturated carbocycles. The molecule has 3 rings (SSSR count). The molecule has 0 bridgehead atoms. The fraction of sp³-hybridized carbons (Fsp3) is 0.579. The lowest BCUT2D eigenvalue weighted by Gasteiger charge is -2.38. The number of benzene rings is 1.